The molecular weight excluding hydrogens is 492 g/mol. The smallest absolute Gasteiger partial charge is 0.278 e. The van der Waals surface area contributed by atoms with Crippen LogP contribution in [0.3, 0.4) is 0 Å². The summed E-state index contributed by atoms with van der Waals surface area (Å²) in [5.74, 6) is -0.0697. The SMILES string of the molecule is C[C@@H]1C[C@@H](C(=O)NCc2cc3cnc(N)cc3s2)n2c1ncc(NC(=O)c1cnc(Cl)nc1)c2=O. The van der Waals surface area contributed by atoms with Gasteiger partial charge in [-0.25, -0.2) is 19.9 Å². The van der Waals surface area contributed by atoms with E-state index in [0.29, 0.717) is 24.6 Å². The highest BCUT2D eigenvalue weighted by Gasteiger charge is 2.35. The Morgan fingerprint density at radius 1 is 1.17 bits per heavy atom. The first-order valence-corrected chi connectivity index (χ1v) is 11.8. The van der Waals surface area contributed by atoms with Crippen molar-refractivity contribution in [2.24, 2.45) is 0 Å². The van der Waals surface area contributed by atoms with E-state index in [1.54, 1.807) is 12.3 Å². The predicted molar refractivity (Wildman–Crippen MR) is 131 cm³/mol. The van der Waals surface area contributed by atoms with Gasteiger partial charge in [-0.3, -0.25) is 19.0 Å². The lowest BCUT2D eigenvalue weighted by molar-refractivity contribution is -0.124. The summed E-state index contributed by atoms with van der Waals surface area (Å²) in [6, 6.07) is 2.99. The summed E-state index contributed by atoms with van der Waals surface area (Å²) in [4.78, 5) is 55.7. The molecule has 2 amide bonds. The van der Waals surface area contributed by atoms with E-state index >= 15 is 0 Å². The Bertz CT molecular complexity index is 1520. The molecule has 0 radical (unpaired) electrons. The molecule has 4 aromatic rings. The minimum absolute atomic E-state index is 0.0000955. The van der Waals surface area contributed by atoms with Crippen molar-refractivity contribution in [2.45, 2.75) is 31.8 Å². The average Bonchev–Trinajstić information content (AvgIpc) is 3.40. The van der Waals surface area contributed by atoms with Crippen LogP contribution in [0.4, 0.5) is 11.5 Å². The molecule has 11 nitrogen and oxygen atoms in total. The van der Waals surface area contributed by atoms with E-state index in [4.69, 9.17) is 17.3 Å². The van der Waals surface area contributed by atoms with Gasteiger partial charge < -0.3 is 16.4 Å². The zero-order valence-corrected chi connectivity index (χ0v) is 19.9. The van der Waals surface area contributed by atoms with Crippen LogP contribution in [0, 0.1) is 0 Å². The molecule has 4 aromatic heterocycles. The predicted octanol–water partition coefficient (Wildman–Crippen LogP) is 2.50. The number of nitrogens with one attached hydrogen (secondary N) is 2. The van der Waals surface area contributed by atoms with Gasteiger partial charge in [0.1, 0.15) is 23.4 Å². The highest BCUT2D eigenvalue weighted by Crippen LogP contribution is 2.33. The molecule has 0 bridgehead atoms. The monoisotopic (exact) mass is 510 g/mol. The quantitative estimate of drug-likeness (QED) is 0.345. The van der Waals surface area contributed by atoms with Crippen molar-refractivity contribution in [3.05, 3.63) is 68.8 Å². The first-order valence-electron chi connectivity index (χ1n) is 10.6. The van der Waals surface area contributed by atoms with Crippen molar-refractivity contribution < 1.29 is 9.59 Å². The molecule has 0 saturated heterocycles. The summed E-state index contributed by atoms with van der Waals surface area (Å²) in [6.45, 7) is 2.20. The second-order valence-corrected chi connectivity index (χ2v) is 9.64. The molecular formula is C22H19ClN8O3S. The summed E-state index contributed by atoms with van der Waals surface area (Å²) in [6.07, 6.45) is 5.91. The molecule has 4 N–H and O–H groups in total. The third-order valence-corrected chi connectivity index (χ3v) is 6.99. The number of hydrogen-bond acceptors (Lipinski definition) is 9. The van der Waals surface area contributed by atoms with Gasteiger partial charge in [-0.2, -0.15) is 0 Å². The number of fused-ring (bicyclic) bond motifs is 2. The van der Waals surface area contributed by atoms with E-state index in [1.165, 1.54) is 34.5 Å². The Hall–Kier alpha value is -3.90. The van der Waals surface area contributed by atoms with Crippen LogP contribution in [-0.4, -0.2) is 36.3 Å². The van der Waals surface area contributed by atoms with Crippen LogP contribution in [0.15, 0.2) is 41.7 Å². The second kappa shape index (κ2) is 9.04. The molecule has 0 aromatic carbocycles. The number of aromatic nitrogens is 5. The number of carbonyl (C=O) groups is 2. The number of nitrogens with zero attached hydrogens (tertiary/aromatic N) is 5. The zero-order chi connectivity index (χ0) is 24.7. The molecule has 1 aliphatic heterocycles. The van der Waals surface area contributed by atoms with Gasteiger partial charge in [0, 0.05) is 39.5 Å². The molecule has 0 unspecified atom stereocenters. The Morgan fingerprint density at radius 3 is 2.71 bits per heavy atom. The Kier molecular flexibility index (Phi) is 5.91. The summed E-state index contributed by atoms with van der Waals surface area (Å²) in [5, 5.41) is 6.38. The van der Waals surface area contributed by atoms with Crippen molar-refractivity contribution >= 4 is 56.3 Å². The Balaban J connectivity index is 1.35. The fraction of sp³-hybridized carbons (Fsp3) is 0.227. The molecule has 0 fully saturated rings. The highest BCUT2D eigenvalue weighted by molar-refractivity contribution is 7.19. The van der Waals surface area contributed by atoms with Crippen LogP contribution in [0.25, 0.3) is 10.1 Å². The molecule has 178 valence electrons. The number of nitrogens with two attached hydrogens (primary N) is 1. The van der Waals surface area contributed by atoms with Crippen molar-refractivity contribution in [2.75, 3.05) is 11.1 Å². The highest BCUT2D eigenvalue weighted by atomic mass is 35.5. The van der Waals surface area contributed by atoms with Gasteiger partial charge in [0.25, 0.3) is 11.5 Å². The van der Waals surface area contributed by atoms with Gasteiger partial charge in [-0.1, -0.05) is 6.92 Å². The maximum atomic E-state index is 13.2. The van der Waals surface area contributed by atoms with Crippen molar-refractivity contribution in [3.63, 3.8) is 0 Å². The number of rotatable bonds is 5. The third-order valence-electron chi connectivity index (χ3n) is 5.70. The van der Waals surface area contributed by atoms with Crippen molar-refractivity contribution in [3.8, 4) is 0 Å². The normalized spacial score (nSPS) is 16.7. The standard InChI is InChI=1S/C22H19ClN8O3S/c1-10-2-15(20(33)27-8-13-3-11-5-25-17(24)4-16(11)35-13)31-18(10)26-9-14(21(31)34)30-19(32)12-6-28-22(23)29-7-12/h3-7,9-10,15H,2,8H2,1H3,(H2,24,25)(H,27,33)(H,30,32)/t10-,15+/m1/s1. The zero-order valence-electron chi connectivity index (χ0n) is 18.4. The number of anilines is 2. The minimum atomic E-state index is -0.748. The molecule has 0 saturated carbocycles. The lowest BCUT2D eigenvalue weighted by Gasteiger charge is -2.15. The number of amides is 2. The van der Waals surface area contributed by atoms with E-state index < -0.39 is 17.5 Å². The summed E-state index contributed by atoms with van der Waals surface area (Å²) < 4.78 is 2.33. The number of thiophene rings is 1. The maximum Gasteiger partial charge on any atom is 0.278 e. The van der Waals surface area contributed by atoms with Crippen LogP contribution in [0.5, 0.6) is 0 Å². The number of pyridine rings is 1. The third kappa shape index (κ3) is 4.45. The summed E-state index contributed by atoms with van der Waals surface area (Å²) in [5.41, 5.74) is 5.31. The number of carbonyl (C=O) groups excluding carboxylic acids is 2. The average molecular weight is 511 g/mol. The van der Waals surface area contributed by atoms with Gasteiger partial charge in [-0.05, 0) is 30.2 Å². The molecule has 13 heteroatoms. The summed E-state index contributed by atoms with van der Waals surface area (Å²) in [7, 11) is 0. The van der Waals surface area contributed by atoms with Gasteiger partial charge in [0.05, 0.1) is 18.3 Å². The lowest BCUT2D eigenvalue weighted by atomic mass is 10.1. The Morgan fingerprint density at radius 2 is 1.94 bits per heavy atom. The van der Waals surface area contributed by atoms with Gasteiger partial charge in [-0.15, -0.1) is 11.3 Å². The number of halogens is 1. The largest absolute Gasteiger partial charge is 0.384 e. The van der Waals surface area contributed by atoms with Gasteiger partial charge in [0.2, 0.25) is 11.2 Å². The van der Waals surface area contributed by atoms with Gasteiger partial charge >= 0.3 is 0 Å². The van der Waals surface area contributed by atoms with Crippen LogP contribution >= 0.6 is 22.9 Å². The fourth-order valence-electron chi connectivity index (χ4n) is 4.01. The minimum Gasteiger partial charge on any atom is -0.384 e. The summed E-state index contributed by atoms with van der Waals surface area (Å²) >= 11 is 7.17. The maximum absolute atomic E-state index is 13.2. The molecule has 0 aliphatic carbocycles. The first-order chi connectivity index (χ1) is 16.8. The molecule has 5 rings (SSSR count). The lowest BCUT2D eigenvalue weighted by Crippen LogP contribution is -2.36. The molecule has 5 heterocycles. The van der Waals surface area contributed by atoms with Crippen LogP contribution in [-0.2, 0) is 11.3 Å². The van der Waals surface area contributed by atoms with Crippen LogP contribution in [0.1, 0.15) is 46.4 Å². The van der Waals surface area contributed by atoms with Crippen molar-refractivity contribution in [1.29, 1.82) is 0 Å². The van der Waals surface area contributed by atoms with E-state index in [9.17, 15) is 14.4 Å². The fourth-order valence-corrected chi connectivity index (χ4v) is 5.13. The molecule has 35 heavy (non-hydrogen) atoms. The number of hydrogen-bond donors (Lipinski definition) is 3. The first kappa shape index (κ1) is 22.9. The van der Waals surface area contributed by atoms with Crippen LogP contribution in [0.2, 0.25) is 5.28 Å². The van der Waals surface area contributed by atoms with E-state index in [0.717, 1.165) is 15.0 Å². The van der Waals surface area contributed by atoms with E-state index in [-0.39, 0.29) is 28.4 Å². The molecule has 2 atom stereocenters. The molecule has 0 spiro atoms. The number of nitrogen functional groups attached to an aromatic ring is 1. The second-order valence-electron chi connectivity index (χ2n) is 8.13. The van der Waals surface area contributed by atoms with Crippen molar-refractivity contribution in [1.82, 2.24) is 29.8 Å². The Labute approximate surface area is 207 Å². The topological polar surface area (TPSA) is 158 Å². The van der Waals surface area contributed by atoms with Crippen LogP contribution < -0.4 is 21.9 Å². The molecule has 1 aliphatic rings. The van der Waals surface area contributed by atoms with Gasteiger partial charge in [0.15, 0.2) is 0 Å². The van der Waals surface area contributed by atoms with E-state index in [2.05, 4.69) is 30.6 Å². The van der Waals surface area contributed by atoms with E-state index in [1.807, 2.05) is 13.0 Å².